The zero-order valence-corrected chi connectivity index (χ0v) is 11.8. The third kappa shape index (κ3) is 3.91. The van der Waals surface area contributed by atoms with E-state index in [1.807, 2.05) is 0 Å². The van der Waals surface area contributed by atoms with Crippen molar-refractivity contribution in [2.45, 2.75) is 6.92 Å². The van der Waals surface area contributed by atoms with Gasteiger partial charge in [-0.15, -0.1) is 0 Å². The Morgan fingerprint density at radius 1 is 1.38 bits per heavy atom. The van der Waals surface area contributed by atoms with Gasteiger partial charge in [0.05, 0.1) is 6.61 Å². The van der Waals surface area contributed by atoms with Crippen molar-refractivity contribution < 1.29 is 18.7 Å². The lowest BCUT2D eigenvalue weighted by atomic mass is 10.2. The number of piperazine rings is 1. The van der Waals surface area contributed by atoms with Crippen LogP contribution in [0.15, 0.2) is 18.2 Å². The highest BCUT2D eigenvalue weighted by Crippen LogP contribution is 2.21. The van der Waals surface area contributed by atoms with Crippen molar-refractivity contribution in [2.24, 2.45) is 0 Å². The van der Waals surface area contributed by atoms with Gasteiger partial charge in [-0.05, 0) is 19.1 Å². The summed E-state index contributed by atoms with van der Waals surface area (Å²) in [6, 6.07) is 4.05. The van der Waals surface area contributed by atoms with Crippen LogP contribution in [0, 0.1) is 5.82 Å². The Kier molecular flexibility index (Phi) is 5.10. The number of nitrogens with zero attached hydrogens (tertiary/aromatic N) is 1. The Bertz CT molecular complexity index is 530. The molecule has 1 aromatic carbocycles. The minimum absolute atomic E-state index is 0.115. The molecule has 0 unspecified atom stereocenters. The molecule has 1 aromatic rings. The van der Waals surface area contributed by atoms with Gasteiger partial charge in [-0.3, -0.25) is 9.59 Å². The molecular weight excluding hydrogens is 277 g/mol. The molecule has 1 aliphatic rings. The fourth-order valence-electron chi connectivity index (χ4n) is 2.05. The number of nitrogens with one attached hydrogen (secondary N) is 2. The van der Waals surface area contributed by atoms with Crippen molar-refractivity contribution in [2.75, 3.05) is 38.1 Å². The molecule has 2 rings (SSSR count). The number of carbonyl (C=O) groups excluding carboxylic acids is 2. The third-order valence-electron chi connectivity index (χ3n) is 3.09. The maximum Gasteiger partial charge on any atom is 0.313 e. The SMILES string of the molecule is CCOc1ccc(NC(=O)C(=O)N2CCNCC2)cc1F. The lowest BCUT2D eigenvalue weighted by Crippen LogP contribution is -2.49. The number of anilines is 1. The average Bonchev–Trinajstić information content (AvgIpc) is 2.50. The van der Waals surface area contributed by atoms with E-state index < -0.39 is 17.6 Å². The highest BCUT2D eigenvalue weighted by Gasteiger charge is 2.23. The topological polar surface area (TPSA) is 70.7 Å². The van der Waals surface area contributed by atoms with Crippen LogP contribution >= 0.6 is 0 Å². The number of benzene rings is 1. The second-order valence-electron chi connectivity index (χ2n) is 4.57. The van der Waals surface area contributed by atoms with Crippen LogP contribution in [0.2, 0.25) is 0 Å². The molecule has 0 bridgehead atoms. The van der Waals surface area contributed by atoms with E-state index in [1.165, 1.54) is 17.0 Å². The molecule has 0 atom stereocenters. The molecule has 2 amide bonds. The van der Waals surface area contributed by atoms with Gasteiger partial charge in [-0.1, -0.05) is 0 Å². The van der Waals surface area contributed by atoms with Gasteiger partial charge in [0.25, 0.3) is 0 Å². The van der Waals surface area contributed by atoms with Crippen LogP contribution in [0.4, 0.5) is 10.1 Å². The van der Waals surface area contributed by atoms with E-state index in [-0.39, 0.29) is 11.4 Å². The Balaban J connectivity index is 1.98. The molecule has 0 aromatic heterocycles. The Morgan fingerprint density at radius 2 is 2.10 bits per heavy atom. The van der Waals surface area contributed by atoms with Crippen molar-refractivity contribution in [3.63, 3.8) is 0 Å². The number of ether oxygens (including phenoxy) is 1. The van der Waals surface area contributed by atoms with E-state index in [1.54, 1.807) is 6.92 Å². The van der Waals surface area contributed by atoms with Crippen LogP contribution in [-0.2, 0) is 9.59 Å². The van der Waals surface area contributed by atoms with Gasteiger partial charge in [0.2, 0.25) is 0 Å². The number of rotatable bonds is 3. The molecule has 1 aliphatic heterocycles. The molecule has 1 fully saturated rings. The standard InChI is InChI=1S/C14H18FN3O3/c1-2-21-12-4-3-10(9-11(12)15)17-13(19)14(20)18-7-5-16-6-8-18/h3-4,9,16H,2,5-8H2,1H3,(H,17,19). The lowest BCUT2D eigenvalue weighted by molar-refractivity contribution is -0.143. The Hall–Kier alpha value is -2.15. The summed E-state index contributed by atoms with van der Waals surface area (Å²) in [5, 5.41) is 5.50. The van der Waals surface area contributed by atoms with Crippen LogP contribution in [0.3, 0.4) is 0 Å². The summed E-state index contributed by atoms with van der Waals surface area (Å²) in [6.45, 7) is 4.41. The average molecular weight is 295 g/mol. The molecule has 1 heterocycles. The third-order valence-corrected chi connectivity index (χ3v) is 3.09. The molecule has 7 heteroatoms. The smallest absolute Gasteiger partial charge is 0.313 e. The number of amides is 2. The second-order valence-corrected chi connectivity index (χ2v) is 4.57. The zero-order valence-electron chi connectivity index (χ0n) is 11.8. The molecule has 2 N–H and O–H groups in total. The first-order valence-corrected chi connectivity index (χ1v) is 6.85. The Labute approximate surface area is 122 Å². The fraction of sp³-hybridized carbons (Fsp3) is 0.429. The summed E-state index contributed by atoms with van der Waals surface area (Å²) < 4.78 is 18.7. The molecule has 0 aliphatic carbocycles. The molecule has 21 heavy (non-hydrogen) atoms. The van der Waals surface area contributed by atoms with Gasteiger partial charge in [0.1, 0.15) is 0 Å². The van der Waals surface area contributed by atoms with Crippen molar-refractivity contribution in [1.29, 1.82) is 0 Å². The van der Waals surface area contributed by atoms with E-state index in [0.29, 0.717) is 32.8 Å². The van der Waals surface area contributed by atoms with Crippen LogP contribution in [0.1, 0.15) is 6.92 Å². The van der Waals surface area contributed by atoms with Crippen molar-refractivity contribution in [3.8, 4) is 5.75 Å². The molecule has 0 spiro atoms. The zero-order chi connectivity index (χ0) is 15.2. The minimum Gasteiger partial charge on any atom is -0.491 e. The summed E-state index contributed by atoms with van der Waals surface area (Å²) in [5.41, 5.74) is 0.226. The number of carbonyl (C=O) groups is 2. The largest absolute Gasteiger partial charge is 0.491 e. The normalized spacial score (nSPS) is 14.7. The fourth-order valence-corrected chi connectivity index (χ4v) is 2.05. The van der Waals surface area contributed by atoms with Gasteiger partial charge >= 0.3 is 11.8 Å². The van der Waals surface area contributed by atoms with Crippen molar-refractivity contribution in [3.05, 3.63) is 24.0 Å². The van der Waals surface area contributed by atoms with Gasteiger partial charge < -0.3 is 20.3 Å². The number of hydrogen-bond acceptors (Lipinski definition) is 4. The van der Waals surface area contributed by atoms with Gasteiger partial charge in [-0.2, -0.15) is 0 Å². The van der Waals surface area contributed by atoms with Crippen molar-refractivity contribution in [1.82, 2.24) is 10.2 Å². The van der Waals surface area contributed by atoms with Crippen LogP contribution in [0.25, 0.3) is 0 Å². The Morgan fingerprint density at radius 3 is 2.71 bits per heavy atom. The summed E-state index contributed by atoms with van der Waals surface area (Å²) in [4.78, 5) is 25.3. The van der Waals surface area contributed by atoms with E-state index >= 15 is 0 Å². The molecule has 6 nitrogen and oxygen atoms in total. The molecule has 0 saturated carbocycles. The molecule has 1 saturated heterocycles. The first-order chi connectivity index (χ1) is 10.1. The van der Waals surface area contributed by atoms with Crippen LogP contribution in [0.5, 0.6) is 5.75 Å². The highest BCUT2D eigenvalue weighted by molar-refractivity contribution is 6.39. The van der Waals surface area contributed by atoms with E-state index in [0.717, 1.165) is 6.07 Å². The molecular formula is C14H18FN3O3. The number of hydrogen-bond donors (Lipinski definition) is 2. The monoisotopic (exact) mass is 295 g/mol. The van der Waals surface area contributed by atoms with E-state index in [9.17, 15) is 14.0 Å². The molecule has 114 valence electrons. The first kappa shape index (κ1) is 15.2. The van der Waals surface area contributed by atoms with Gasteiger partial charge in [0.15, 0.2) is 11.6 Å². The van der Waals surface area contributed by atoms with E-state index in [2.05, 4.69) is 10.6 Å². The lowest BCUT2D eigenvalue weighted by Gasteiger charge is -2.26. The van der Waals surface area contributed by atoms with Crippen molar-refractivity contribution >= 4 is 17.5 Å². The summed E-state index contributed by atoms with van der Waals surface area (Å²) in [5.74, 6) is -1.83. The van der Waals surface area contributed by atoms with Gasteiger partial charge in [0, 0.05) is 37.9 Å². The minimum atomic E-state index is -0.763. The first-order valence-electron chi connectivity index (χ1n) is 6.85. The predicted molar refractivity (Wildman–Crippen MR) is 75.6 cm³/mol. The highest BCUT2D eigenvalue weighted by atomic mass is 19.1. The molecule has 0 radical (unpaired) electrons. The maximum absolute atomic E-state index is 13.7. The second kappa shape index (κ2) is 7.03. The van der Waals surface area contributed by atoms with Crippen LogP contribution < -0.4 is 15.4 Å². The van der Waals surface area contributed by atoms with E-state index in [4.69, 9.17) is 4.74 Å². The summed E-state index contributed by atoms with van der Waals surface area (Å²) in [6.07, 6.45) is 0. The summed E-state index contributed by atoms with van der Waals surface area (Å²) >= 11 is 0. The van der Waals surface area contributed by atoms with Gasteiger partial charge in [-0.25, -0.2) is 4.39 Å². The quantitative estimate of drug-likeness (QED) is 0.801. The predicted octanol–water partition coefficient (Wildman–Crippen LogP) is 0.595. The van der Waals surface area contributed by atoms with Crippen LogP contribution in [-0.4, -0.2) is 49.5 Å². The number of halogens is 1. The summed E-state index contributed by atoms with van der Waals surface area (Å²) in [7, 11) is 0. The maximum atomic E-state index is 13.7.